The lowest BCUT2D eigenvalue weighted by Gasteiger charge is -2.23. The van der Waals surface area contributed by atoms with E-state index in [0.717, 1.165) is 0 Å². The van der Waals surface area contributed by atoms with Gasteiger partial charge in [-0.3, -0.25) is 19.2 Å². The number of nitrogens with two attached hydrogens (primary N) is 2. The maximum atomic E-state index is 11.8. The van der Waals surface area contributed by atoms with Gasteiger partial charge < -0.3 is 32.3 Å². The highest BCUT2D eigenvalue weighted by Crippen LogP contribution is 1.97. The fourth-order valence-electron chi connectivity index (χ4n) is 1.34. The smallest absolute Gasteiger partial charge is 0.325 e. The highest BCUT2D eigenvalue weighted by atomic mass is 16.4. The molecule has 0 aromatic heterocycles. The van der Waals surface area contributed by atoms with Gasteiger partial charge >= 0.3 is 5.97 Å². The number of aliphatic hydroxyl groups is 1. The third-order valence-corrected chi connectivity index (χ3v) is 2.55. The summed E-state index contributed by atoms with van der Waals surface area (Å²) in [6.07, 6.45) is -1.72. The third-order valence-electron chi connectivity index (χ3n) is 2.55. The number of hydrogen-bond acceptors (Lipinski definition) is 6. The Kier molecular flexibility index (Phi) is 7.31. The van der Waals surface area contributed by atoms with E-state index in [1.54, 1.807) is 0 Å². The van der Waals surface area contributed by atoms with Crippen LogP contribution in [0, 0.1) is 0 Å². The van der Waals surface area contributed by atoms with Gasteiger partial charge in [-0.05, 0) is 13.8 Å². The van der Waals surface area contributed by atoms with Crippen LogP contribution in [0.15, 0.2) is 0 Å². The molecule has 21 heavy (non-hydrogen) atoms. The van der Waals surface area contributed by atoms with E-state index < -0.39 is 54.3 Å². The summed E-state index contributed by atoms with van der Waals surface area (Å²) in [5.41, 5.74) is 10.3. The standard InChI is InChI=1S/C11H20N4O6/c1-4(11(20)21)14-10(19)8(5(2)16)15-9(18)6(12)3-7(13)17/h4-6,8,16H,3,12H2,1-2H3,(H2,13,17)(H,14,19)(H,15,18)(H,20,21). The number of carboxylic acids is 1. The van der Waals surface area contributed by atoms with E-state index in [2.05, 4.69) is 10.6 Å². The Morgan fingerprint density at radius 3 is 2.00 bits per heavy atom. The lowest BCUT2D eigenvalue weighted by molar-refractivity contribution is -0.142. The van der Waals surface area contributed by atoms with E-state index in [0.29, 0.717) is 0 Å². The first-order valence-electron chi connectivity index (χ1n) is 6.11. The number of nitrogens with one attached hydrogen (secondary N) is 2. The number of aliphatic hydroxyl groups excluding tert-OH is 1. The molecule has 0 aliphatic heterocycles. The molecule has 0 heterocycles. The normalized spacial score (nSPS) is 16.2. The molecule has 10 nitrogen and oxygen atoms in total. The fraction of sp³-hybridized carbons (Fsp3) is 0.636. The molecule has 0 bridgehead atoms. The molecule has 0 aliphatic rings. The minimum absolute atomic E-state index is 0.425. The van der Waals surface area contributed by atoms with Crippen LogP contribution < -0.4 is 22.1 Å². The van der Waals surface area contributed by atoms with Crippen LogP contribution in [0.2, 0.25) is 0 Å². The number of amides is 3. The molecule has 0 radical (unpaired) electrons. The zero-order chi connectivity index (χ0) is 16.7. The number of rotatable bonds is 8. The number of primary amides is 1. The fourth-order valence-corrected chi connectivity index (χ4v) is 1.34. The average Bonchev–Trinajstić information content (AvgIpc) is 2.33. The van der Waals surface area contributed by atoms with Gasteiger partial charge in [0.05, 0.1) is 18.6 Å². The monoisotopic (exact) mass is 304 g/mol. The summed E-state index contributed by atoms with van der Waals surface area (Å²) in [4.78, 5) is 44.8. The van der Waals surface area contributed by atoms with Crippen LogP contribution in [-0.2, 0) is 19.2 Å². The van der Waals surface area contributed by atoms with E-state index in [-0.39, 0.29) is 0 Å². The Morgan fingerprint density at radius 1 is 1.10 bits per heavy atom. The van der Waals surface area contributed by atoms with Crippen LogP contribution in [0.1, 0.15) is 20.3 Å². The molecule has 0 aliphatic carbocycles. The molecular weight excluding hydrogens is 284 g/mol. The molecule has 10 heteroatoms. The first-order valence-corrected chi connectivity index (χ1v) is 6.11. The van der Waals surface area contributed by atoms with E-state index in [1.807, 2.05) is 0 Å². The summed E-state index contributed by atoms with van der Waals surface area (Å²) in [5.74, 6) is -3.82. The molecule has 0 saturated heterocycles. The predicted octanol–water partition coefficient (Wildman–Crippen LogP) is -3.36. The zero-order valence-corrected chi connectivity index (χ0v) is 11.7. The van der Waals surface area contributed by atoms with Crippen LogP contribution in [0.4, 0.5) is 0 Å². The SMILES string of the molecule is CC(NC(=O)C(NC(=O)C(N)CC(N)=O)C(C)O)C(=O)O. The van der Waals surface area contributed by atoms with Crippen molar-refractivity contribution in [1.29, 1.82) is 0 Å². The summed E-state index contributed by atoms with van der Waals surface area (Å²) < 4.78 is 0. The third kappa shape index (κ3) is 6.68. The number of carboxylic acid groups (broad SMARTS) is 1. The minimum Gasteiger partial charge on any atom is -0.480 e. The van der Waals surface area contributed by atoms with Gasteiger partial charge in [0.1, 0.15) is 12.1 Å². The van der Waals surface area contributed by atoms with Gasteiger partial charge in [-0.1, -0.05) is 0 Å². The summed E-state index contributed by atoms with van der Waals surface area (Å²) in [5, 5.41) is 22.4. The van der Waals surface area contributed by atoms with Gasteiger partial charge in [0, 0.05) is 0 Å². The first kappa shape index (κ1) is 18.8. The maximum absolute atomic E-state index is 11.8. The van der Waals surface area contributed by atoms with Gasteiger partial charge in [-0.2, -0.15) is 0 Å². The van der Waals surface area contributed by atoms with Gasteiger partial charge in [-0.25, -0.2) is 0 Å². The largest absolute Gasteiger partial charge is 0.480 e. The average molecular weight is 304 g/mol. The summed E-state index contributed by atoms with van der Waals surface area (Å²) in [7, 11) is 0. The lowest BCUT2D eigenvalue weighted by Crippen LogP contribution is -2.58. The van der Waals surface area contributed by atoms with Gasteiger partial charge in [0.25, 0.3) is 0 Å². The highest BCUT2D eigenvalue weighted by Gasteiger charge is 2.29. The number of aliphatic carboxylic acids is 1. The van der Waals surface area contributed by atoms with E-state index in [9.17, 15) is 24.3 Å². The zero-order valence-electron chi connectivity index (χ0n) is 11.7. The second-order valence-electron chi connectivity index (χ2n) is 4.57. The van der Waals surface area contributed by atoms with Crippen LogP contribution in [0.5, 0.6) is 0 Å². The Hall–Kier alpha value is -2.20. The Morgan fingerprint density at radius 2 is 1.62 bits per heavy atom. The molecule has 0 saturated carbocycles. The van der Waals surface area contributed by atoms with Crippen molar-refractivity contribution >= 4 is 23.7 Å². The molecule has 4 atom stereocenters. The molecule has 3 amide bonds. The van der Waals surface area contributed by atoms with Crippen molar-refractivity contribution in [2.24, 2.45) is 11.5 Å². The van der Waals surface area contributed by atoms with Crippen LogP contribution >= 0.6 is 0 Å². The molecule has 0 spiro atoms. The molecule has 0 rings (SSSR count). The molecule has 120 valence electrons. The Labute approximate surface area is 120 Å². The Bertz CT molecular complexity index is 425. The van der Waals surface area contributed by atoms with Gasteiger partial charge in [-0.15, -0.1) is 0 Å². The lowest BCUT2D eigenvalue weighted by atomic mass is 10.1. The van der Waals surface area contributed by atoms with Crippen LogP contribution in [-0.4, -0.2) is 58.1 Å². The second kappa shape index (κ2) is 8.17. The van der Waals surface area contributed by atoms with Crippen molar-refractivity contribution in [3.63, 3.8) is 0 Å². The van der Waals surface area contributed by atoms with Crippen molar-refractivity contribution in [2.75, 3.05) is 0 Å². The van der Waals surface area contributed by atoms with Crippen molar-refractivity contribution in [3.8, 4) is 0 Å². The maximum Gasteiger partial charge on any atom is 0.325 e. The second-order valence-corrected chi connectivity index (χ2v) is 4.57. The quantitative estimate of drug-likeness (QED) is 0.270. The van der Waals surface area contributed by atoms with E-state index in [4.69, 9.17) is 16.6 Å². The topological polar surface area (TPSA) is 185 Å². The molecule has 0 fully saturated rings. The van der Waals surface area contributed by atoms with Gasteiger partial charge in [0.2, 0.25) is 17.7 Å². The molecule has 0 aromatic rings. The summed E-state index contributed by atoms with van der Waals surface area (Å²) in [6.45, 7) is 2.45. The van der Waals surface area contributed by atoms with Crippen molar-refractivity contribution in [2.45, 2.75) is 44.5 Å². The first-order chi connectivity index (χ1) is 9.56. The van der Waals surface area contributed by atoms with E-state index >= 15 is 0 Å². The molecular formula is C11H20N4O6. The van der Waals surface area contributed by atoms with Gasteiger partial charge in [0.15, 0.2) is 0 Å². The van der Waals surface area contributed by atoms with Crippen molar-refractivity contribution < 1.29 is 29.4 Å². The predicted molar refractivity (Wildman–Crippen MR) is 70.6 cm³/mol. The van der Waals surface area contributed by atoms with Crippen LogP contribution in [0.3, 0.4) is 0 Å². The van der Waals surface area contributed by atoms with Crippen molar-refractivity contribution in [1.82, 2.24) is 10.6 Å². The Balaban J connectivity index is 4.76. The molecule has 0 aromatic carbocycles. The molecule has 4 unspecified atom stereocenters. The number of carbonyl (C=O) groups excluding carboxylic acids is 3. The minimum atomic E-state index is -1.40. The number of hydrogen-bond donors (Lipinski definition) is 6. The summed E-state index contributed by atoms with van der Waals surface area (Å²) >= 11 is 0. The number of carbonyl (C=O) groups is 4. The van der Waals surface area contributed by atoms with E-state index in [1.165, 1.54) is 13.8 Å². The highest BCUT2D eigenvalue weighted by molar-refractivity contribution is 5.93. The molecule has 8 N–H and O–H groups in total. The summed E-state index contributed by atoms with van der Waals surface area (Å²) in [6, 6.07) is -3.87. The van der Waals surface area contributed by atoms with Crippen LogP contribution in [0.25, 0.3) is 0 Å². The van der Waals surface area contributed by atoms with Crippen molar-refractivity contribution in [3.05, 3.63) is 0 Å².